The van der Waals surface area contributed by atoms with Gasteiger partial charge in [-0.3, -0.25) is 9.89 Å². The highest BCUT2D eigenvalue weighted by Crippen LogP contribution is 2.22. The monoisotopic (exact) mass is 281 g/mol. The van der Waals surface area contributed by atoms with Crippen molar-refractivity contribution >= 4 is 22.5 Å². The molecule has 0 spiro atoms. The zero-order valence-corrected chi connectivity index (χ0v) is 11.8. The van der Waals surface area contributed by atoms with Crippen LogP contribution in [0.4, 0.5) is 5.69 Å². The molecule has 2 aromatic carbocycles. The Morgan fingerprint density at radius 1 is 1.24 bits per heavy atom. The van der Waals surface area contributed by atoms with E-state index in [9.17, 15) is 4.79 Å². The van der Waals surface area contributed by atoms with Crippen molar-refractivity contribution in [3.8, 4) is 5.75 Å². The number of benzene rings is 2. The van der Waals surface area contributed by atoms with Gasteiger partial charge in [-0.2, -0.15) is 5.10 Å². The number of hydrogen-bond acceptors (Lipinski definition) is 3. The van der Waals surface area contributed by atoms with Crippen LogP contribution in [0.25, 0.3) is 10.9 Å². The minimum atomic E-state index is -0.239. The molecule has 0 aliphatic heterocycles. The fraction of sp³-hybridized carbons (Fsp3) is 0.125. The van der Waals surface area contributed by atoms with E-state index in [2.05, 4.69) is 15.5 Å². The number of carbonyl (C=O) groups excluding carboxylic acids is 1. The number of methoxy groups -OCH3 is 1. The molecule has 0 radical (unpaired) electrons. The second-order valence-electron chi connectivity index (χ2n) is 4.76. The van der Waals surface area contributed by atoms with Gasteiger partial charge in [0.1, 0.15) is 5.75 Å². The maximum Gasteiger partial charge on any atom is 0.276 e. The van der Waals surface area contributed by atoms with Gasteiger partial charge in [-0.1, -0.05) is 18.2 Å². The second-order valence-corrected chi connectivity index (χ2v) is 4.76. The quantitative estimate of drug-likeness (QED) is 0.775. The molecule has 0 atom stereocenters. The van der Waals surface area contributed by atoms with Crippen molar-refractivity contribution in [2.24, 2.45) is 0 Å². The van der Waals surface area contributed by atoms with Crippen molar-refractivity contribution in [2.75, 3.05) is 12.4 Å². The van der Waals surface area contributed by atoms with Crippen LogP contribution in [0.3, 0.4) is 0 Å². The van der Waals surface area contributed by atoms with Gasteiger partial charge in [-0.05, 0) is 36.8 Å². The third kappa shape index (κ3) is 2.45. The van der Waals surface area contributed by atoms with Crippen LogP contribution in [-0.4, -0.2) is 23.2 Å². The number of para-hydroxylation sites is 1. The smallest absolute Gasteiger partial charge is 0.276 e. The molecule has 5 nitrogen and oxygen atoms in total. The molecule has 21 heavy (non-hydrogen) atoms. The van der Waals surface area contributed by atoms with Crippen LogP contribution >= 0.6 is 0 Å². The van der Waals surface area contributed by atoms with E-state index in [0.717, 1.165) is 22.2 Å². The number of nitrogens with zero attached hydrogens (tertiary/aromatic N) is 1. The highest BCUT2D eigenvalue weighted by atomic mass is 16.5. The molecule has 0 bridgehead atoms. The average molecular weight is 281 g/mol. The SMILES string of the molecule is COc1ccc(NC(=O)c2n[nH]c3ccccc23)cc1C. The molecule has 1 amide bonds. The summed E-state index contributed by atoms with van der Waals surface area (Å²) >= 11 is 0. The number of nitrogens with one attached hydrogen (secondary N) is 2. The van der Waals surface area contributed by atoms with Crippen LogP contribution in [0.15, 0.2) is 42.5 Å². The van der Waals surface area contributed by atoms with Gasteiger partial charge in [0, 0.05) is 11.1 Å². The Morgan fingerprint density at radius 3 is 2.81 bits per heavy atom. The molecule has 106 valence electrons. The third-order valence-electron chi connectivity index (χ3n) is 3.34. The Balaban J connectivity index is 1.88. The molecule has 1 heterocycles. The van der Waals surface area contributed by atoms with Crippen LogP contribution in [0.1, 0.15) is 16.1 Å². The Morgan fingerprint density at radius 2 is 2.05 bits per heavy atom. The number of aromatic amines is 1. The number of anilines is 1. The molecule has 0 saturated heterocycles. The number of fused-ring (bicyclic) bond motifs is 1. The molecule has 0 unspecified atom stereocenters. The molecule has 0 aliphatic carbocycles. The summed E-state index contributed by atoms with van der Waals surface area (Å²) in [7, 11) is 1.62. The molecule has 2 N–H and O–H groups in total. The number of aryl methyl sites for hydroxylation is 1. The fourth-order valence-electron chi connectivity index (χ4n) is 2.28. The number of hydrogen-bond donors (Lipinski definition) is 2. The Kier molecular flexibility index (Phi) is 3.31. The summed E-state index contributed by atoms with van der Waals surface area (Å²) in [6.07, 6.45) is 0. The largest absolute Gasteiger partial charge is 0.496 e. The summed E-state index contributed by atoms with van der Waals surface area (Å²) in [6.45, 7) is 1.93. The number of rotatable bonds is 3. The van der Waals surface area contributed by atoms with Crippen molar-refractivity contribution in [3.05, 3.63) is 53.7 Å². The van der Waals surface area contributed by atoms with Gasteiger partial charge in [0.05, 0.1) is 12.6 Å². The van der Waals surface area contributed by atoms with Crippen molar-refractivity contribution in [2.45, 2.75) is 6.92 Å². The van der Waals surface area contributed by atoms with Gasteiger partial charge in [-0.25, -0.2) is 0 Å². The Hall–Kier alpha value is -2.82. The van der Waals surface area contributed by atoms with Crippen molar-refractivity contribution < 1.29 is 9.53 Å². The number of amides is 1. The van der Waals surface area contributed by atoms with Crippen LogP contribution in [0.5, 0.6) is 5.75 Å². The van der Waals surface area contributed by atoms with E-state index in [4.69, 9.17) is 4.74 Å². The zero-order valence-electron chi connectivity index (χ0n) is 11.8. The fourth-order valence-corrected chi connectivity index (χ4v) is 2.28. The maximum absolute atomic E-state index is 12.3. The lowest BCUT2D eigenvalue weighted by atomic mass is 10.2. The van der Waals surface area contributed by atoms with Gasteiger partial charge in [-0.15, -0.1) is 0 Å². The van der Waals surface area contributed by atoms with E-state index in [1.807, 2.05) is 43.3 Å². The number of carbonyl (C=O) groups is 1. The average Bonchev–Trinajstić information content (AvgIpc) is 2.91. The van der Waals surface area contributed by atoms with E-state index in [1.54, 1.807) is 13.2 Å². The van der Waals surface area contributed by atoms with E-state index in [-0.39, 0.29) is 5.91 Å². The number of H-pyrrole nitrogens is 1. The van der Waals surface area contributed by atoms with E-state index >= 15 is 0 Å². The molecular formula is C16H15N3O2. The molecule has 1 aromatic heterocycles. The third-order valence-corrected chi connectivity index (χ3v) is 3.34. The van der Waals surface area contributed by atoms with Gasteiger partial charge in [0.25, 0.3) is 5.91 Å². The predicted molar refractivity (Wildman–Crippen MR) is 81.8 cm³/mol. The molecule has 0 saturated carbocycles. The normalized spacial score (nSPS) is 10.6. The zero-order chi connectivity index (χ0) is 14.8. The van der Waals surface area contributed by atoms with Gasteiger partial charge in [0.2, 0.25) is 0 Å². The summed E-state index contributed by atoms with van der Waals surface area (Å²) in [5.74, 6) is 0.551. The predicted octanol–water partition coefficient (Wildman–Crippen LogP) is 3.13. The van der Waals surface area contributed by atoms with Crippen LogP contribution in [0, 0.1) is 6.92 Å². The molecule has 0 aliphatic rings. The van der Waals surface area contributed by atoms with E-state index in [1.165, 1.54) is 0 Å². The molecular weight excluding hydrogens is 266 g/mol. The van der Waals surface area contributed by atoms with Crippen LogP contribution in [0.2, 0.25) is 0 Å². The standard InChI is InChI=1S/C16H15N3O2/c1-10-9-11(7-8-14(10)21-2)17-16(20)15-12-5-3-4-6-13(12)18-19-15/h3-9H,1-2H3,(H,17,20)(H,18,19). The summed E-state index contributed by atoms with van der Waals surface area (Å²) in [5, 5.41) is 10.6. The first-order valence-electron chi connectivity index (χ1n) is 6.58. The van der Waals surface area contributed by atoms with Crippen LogP contribution in [-0.2, 0) is 0 Å². The maximum atomic E-state index is 12.3. The first kappa shape index (κ1) is 13.2. The molecule has 0 fully saturated rings. The van der Waals surface area contributed by atoms with Gasteiger partial charge in [0.15, 0.2) is 5.69 Å². The lowest BCUT2D eigenvalue weighted by molar-refractivity contribution is 0.102. The van der Waals surface area contributed by atoms with E-state index in [0.29, 0.717) is 11.4 Å². The molecule has 3 rings (SSSR count). The Labute approximate surface area is 121 Å². The summed E-state index contributed by atoms with van der Waals surface area (Å²) < 4.78 is 5.20. The van der Waals surface area contributed by atoms with Crippen molar-refractivity contribution in [1.82, 2.24) is 10.2 Å². The molecule has 3 aromatic rings. The minimum Gasteiger partial charge on any atom is -0.496 e. The highest BCUT2D eigenvalue weighted by molar-refractivity contribution is 6.11. The summed E-state index contributed by atoms with van der Waals surface area (Å²) in [5.41, 5.74) is 2.90. The minimum absolute atomic E-state index is 0.239. The second kappa shape index (κ2) is 5.28. The number of ether oxygens (including phenoxy) is 1. The molecule has 5 heteroatoms. The van der Waals surface area contributed by atoms with Gasteiger partial charge < -0.3 is 10.1 Å². The first-order valence-corrected chi connectivity index (χ1v) is 6.58. The topological polar surface area (TPSA) is 67.0 Å². The first-order chi connectivity index (χ1) is 10.2. The van der Waals surface area contributed by atoms with E-state index < -0.39 is 0 Å². The lowest BCUT2D eigenvalue weighted by Crippen LogP contribution is -2.12. The Bertz CT molecular complexity index is 808. The van der Waals surface area contributed by atoms with Crippen molar-refractivity contribution in [1.29, 1.82) is 0 Å². The summed E-state index contributed by atoms with van der Waals surface area (Å²) in [6, 6.07) is 13.0. The summed E-state index contributed by atoms with van der Waals surface area (Å²) in [4.78, 5) is 12.3. The van der Waals surface area contributed by atoms with Crippen LogP contribution < -0.4 is 10.1 Å². The lowest BCUT2D eigenvalue weighted by Gasteiger charge is -2.08. The van der Waals surface area contributed by atoms with Gasteiger partial charge >= 0.3 is 0 Å². The van der Waals surface area contributed by atoms with Crippen molar-refractivity contribution in [3.63, 3.8) is 0 Å². The number of aromatic nitrogens is 2. The highest BCUT2D eigenvalue weighted by Gasteiger charge is 2.14.